The maximum Gasteiger partial charge on any atom is 0.408 e. The number of aromatic hydroxyl groups is 1. The minimum absolute atomic E-state index is 0.0115. The van der Waals surface area contributed by atoms with Crippen LogP contribution >= 0.6 is 15.9 Å². The molecule has 1 aliphatic heterocycles. The molecule has 2 aromatic carbocycles. The van der Waals surface area contributed by atoms with Crippen LogP contribution in [0.1, 0.15) is 11.1 Å². The molecule has 176 valence electrons. The monoisotopic (exact) mass is 526 g/mol. The van der Waals surface area contributed by atoms with E-state index in [1.807, 2.05) is 30.3 Å². The van der Waals surface area contributed by atoms with Crippen LogP contribution in [0.2, 0.25) is 0 Å². The van der Waals surface area contributed by atoms with E-state index in [0.29, 0.717) is 4.61 Å². The van der Waals surface area contributed by atoms with Gasteiger partial charge in [0.15, 0.2) is 0 Å². The van der Waals surface area contributed by atoms with Gasteiger partial charge in [0, 0.05) is 23.6 Å². The number of halogens is 1. The lowest BCUT2D eigenvalue weighted by atomic mass is 10.1. The van der Waals surface area contributed by atoms with E-state index >= 15 is 0 Å². The number of carbonyl (C=O) groups is 2. The molecule has 2 unspecified atom stereocenters. The number of hydrogen-bond donors (Lipinski definition) is 4. The highest BCUT2D eigenvalue weighted by atomic mass is 79.9. The van der Waals surface area contributed by atoms with Crippen molar-refractivity contribution in [3.8, 4) is 5.75 Å². The molecule has 4 rings (SSSR count). The molecule has 1 aromatic heterocycles. The molecule has 0 bridgehead atoms. The second-order valence-corrected chi connectivity index (χ2v) is 8.55. The van der Waals surface area contributed by atoms with Crippen molar-refractivity contribution in [3.63, 3.8) is 0 Å². The maximum absolute atomic E-state index is 12.9. The van der Waals surface area contributed by atoms with Crippen molar-refractivity contribution in [1.82, 2.24) is 21.1 Å². The summed E-state index contributed by atoms with van der Waals surface area (Å²) in [6.45, 7) is 0.226. The molecule has 0 spiro atoms. The Kier molecular flexibility index (Phi) is 7.61. The molecule has 9 nitrogen and oxygen atoms in total. The summed E-state index contributed by atoms with van der Waals surface area (Å²) in [5, 5.41) is 15.9. The molecule has 34 heavy (non-hydrogen) atoms. The predicted octanol–water partition coefficient (Wildman–Crippen LogP) is 3.03. The van der Waals surface area contributed by atoms with E-state index in [-0.39, 0.29) is 31.4 Å². The van der Waals surface area contributed by atoms with Crippen molar-refractivity contribution in [2.75, 3.05) is 6.54 Å². The van der Waals surface area contributed by atoms with Gasteiger partial charge in [0.05, 0.1) is 12.1 Å². The Labute approximate surface area is 204 Å². The van der Waals surface area contributed by atoms with Gasteiger partial charge in [-0.05, 0) is 51.8 Å². The minimum atomic E-state index is -0.895. The van der Waals surface area contributed by atoms with Crippen LogP contribution in [-0.2, 0) is 27.4 Å². The van der Waals surface area contributed by atoms with Crippen LogP contribution in [0.15, 0.2) is 71.5 Å². The zero-order valence-corrected chi connectivity index (χ0v) is 19.6. The van der Waals surface area contributed by atoms with Gasteiger partial charge in [0.25, 0.3) is 0 Å². The quantitative estimate of drug-likeness (QED) is 0.333. The van der Waals surface area contributed by atoms with E-state index in [0.717, 1.165) is 22.0 Å². The molecule has 2 atom stereocenters. The number of hydroxylamine groups is 1. The maximum atomic E-state index is 12.9. The molecule has 0 aliphatic carbocycles. The number of nitrogens with one attached hydrogen (secondary N) is 3. The number of benzene rings is 2. The van der Waals surface area contributed by atoms with Gasteiger partial charge in [-0.3, -0.25) is 20.1 Å². The Bertz CT molecular complexity index is 1200. The van der Waals surface area contributed by atoms with Crippen LogP contribution in [0.4, 0.5) is 4.79 Å². The fraction of sp³-hybridized carbons (Fsp3) is 0.208. The van der Waals surface area contributed by atoms with Gasteiger partial charge in [-0.25, -0.2) is 4.79 Å². The van der Waals surface area contributed by atoms with Gasteiger partial charge in [0.1, 0.15) is 29.1 Å². The average Bonchev–Trinajstić information content (AvgIpc) is 3.27. The molecule has 0 radical (unpaired) electrons. The summed E-state index contributed by atoms with van der Waals surface area (Å²) in [4.78, 5) is 35.0. The van der Waals surface area contributed by atoms with Crippen molar-refractivity contribution in [2.24, 2.45) is 0 Å². The Morgan fingerprint density at radius 3 is 2.74 bits per heavy atom. The van der Waals surface area contributed by atoms with Crippen molar-refractivity contribution in [3.05, 3.63) is 82.6 Å². The first kappa shape index (κ1) is 23.5. The van der Waals surface area contributed by atoms with E-state index in [4.69, 9.17) is 9.57 Å². The topological polar surface area (TPSA) is 122 Å². The number of amides is 2. The molecule has 0 fully saturated rings. The first-order valence-corrected chi connectivity index (χ1v) is 11.4. The van der Waals surface area contributed by atoms with Crippen LogP contribution < -0.4 is 16.1 Å². The number of phenolic OH excluding ortho intramolecular Hbond substituents is 1. The lowest BCUT2D eigenvalue weighted by molar-refractivity contribution is -0.123. The number of fused-ring (bicyclic) bond motifs is 1. The number of ether oxygens (including phenoxy) is 1. The average molecular weight is 527 g/mol. The molecule has 3 aromatic rings. The molecule has 0 saturated carbocycles. The molecular formula is C24H23BrN4O5. The van der Waals surface area contributed by atoms with Gasteiger partial charge in [-0.15, -0.1) is 0 Å². The highest BCUT2D eigenvalue weighted by Crippen LogP contribution is 2.15. The number of pyridine rings is 1. The Balaban J connectivity index is 1.37. The minimum Gasteiger partial charge on any atom is -0.508 e. The zero-order valence-electron chi connectivity index (χ0n) is 18.0. The number of phenols is 1. The van der Waals surface area contributed by atoms with E-state index < -0.39 is 18.0 Å². The van der Waals surface area contributed by atoms with E-state index in [1.54, 1.807) is 24.4 Å². The van der Waals surface area contributed by atoms with E-state index in [1.165, 1.54) is 12.1 Å². The number of alkyl carbamates (subject to hydrolysis) is 1. The van der Waals surface area contributed by atoms with Gasteiger partial charge >= 0.3 is 6.09 Å². The van der Waals surface area contributed by atoms with Crippen molar-refractivity contribution in [1.29, 1.82) is 0 Å². The normalized spacial score (nSPS) is 15.8. The first-order chi connectivity index (χ1) is 16.5. The second kappa shape index (κ2) is 11.0. The largest absolute Gasteiger partial charge is 0.508 e. The molecule has 4 N–H and O–H groups in total. The number of hydrogen-bond acceptors (Lipinski definition) is 7. The van der Waals surface area contributed by atoms with Gasteiger partial charge in [0.2, 0.25) is 5.91 Å². The summed E-state index contributed by atoms with van der Waals surface area (Å²) >= 11 is 3.26. The number of rotatable bonds is 8. The van der Waals surface area contributed by atoms with Gasteiger partial charge in [-0.2, -0.15) is 0 Å². The third kappa shape index (κ3) is 6.46. The van der Waals surface area contributed by atoms with Crippen LogP contribution in [0.5, 0.6) is 5.75 Å². The number of nitrogens with zero attached hydrogens (tertiary/aromatic N) is 1. The smallest absolute Gasteiger partial charge is 0.408 e. The molecule has 2 heterocycles. The highest BCUT2D eigenvalue weighted by molar-refractivity contribution is 9.11. The molecule has 2 amide bonds. The summed E-state index contributed by atoms with van der Waals surface area (Å²) in [6.07, 6.45) is 2.56. The Hall–Kier alpha value is -3.63. The van der Waals surface area contributed by atoms with E-state index in [9.17, 15) is 14.7 Å². The Morgan fingerprint density at radius 2 is 1.97 bits per heavy atom. The van der Waals surface area contributed by atoms with Crippen LogP contribution in [0.25, 0.3) is 10.9 Å². The third-order valence-electron chi connectivity index (χ3n) is 5.12. The number of carbonyl (C=O) groups excluding carboxylic acids is 2. The molecule has 1 aliphatic rings. The van der Waals surface area contributed by atoms with Crippen LogP contribution in [0, 0.1) is 0 Å². The van der Waals surface area contributed by atoms with Crippen LogP contribution in [0.3, 0.4) is 0 Å². The van der Waals surface area contributed by atoms with Gasteiger partial charge < -0.3 is 20.5 Å². The summed E-state index contributed by atoms with van der Waals surface area (Å²) in [5.74, 6) is -0.276. The molecule has 10 heteroatoms. The highest BCUT2D eigenvalue weighted by Gasteiger charge is 2.24. The van der Waals surface area contributed by atoms with Crippen molar-refractivity contribution >= 4 is 38.8 Å². The summed E-state index contributed by atoms with van der Waals surface area (Å²) in [7, 11) is 0. The fourth-order valence-electron chi connectivity index (χ4n) is 3.39. The lowest BCUT2D eigenvalue weighted by Gasteiger charge is -2.19. The summed E-state index contributed by atoms with van der Waals surface area (Å²) < 4.78 is 6.02. The standard InChI is InChI=1S/C24H23BrN4O5/c25-22-11-19(34-29-22)13-27-23(31)21(10-15-5-7-18(30)8-6-15)28-24(32)33-14-16-9-17-3-1-2-4-20(17)26-12-16/h1-9,11-12,19,21,29-30H,10,13-14H2,(H,27,31)(H,28,32). The van der Waals surface area contributed by atoms with Gasteiger partial charge in [-0.1, -0.05) is 30.3 Å². The zero-order chi connectivity index (χ0) is 23.9. The lowest BCUT2D eigenvalue weighted by Crippen LogP contribution is -2.49. The summed E-state index contributed by atoms with van der Waals surface area (Å²) in [6, 6.07) is 15.1. The second-order valence-electron chi connectivity index (χ2n) is 7.70. The molecule has 0 saturated heterocycles. The van der Waals surface area contributed by atoms with Crippen molar-refractivity contribution < 1.29 is 24.3 Å². The fourth-order valence-corrected chi connectivity index (χ4v) is 3.78. The number of para-hydroxylation sites is 1. The first-order valence-electron chi connectivity index (χ1n) is 10.6. The van der Waals surface area contributed by atoms with Crippen LogP contribution in [-0.4, -0.2) is 40.8 Å². The Morgan fingerprint density at radius 1 is 1.18 bits per heavy atom. The summed E-state index contributed by atoms with van der Waals surface area (Å²) in [5.41, 5.74) is 5.00. The predicted molar refractivity (Wildman–Crippen MR) is 129 cm³/mol. The van der Waals surface area contributed by atoms with Crippen molar-refractivity contribution in [2.45, 2.75) is 25.2 Å². The SMILES string of the molecule is O=C(NC(Cc1ccc(O)cc1)C(=O)NCC1C=C(Br)NO1)OCc1cnc2ccccc2c1. The number of aromatic nitrogens is 1. The molecular weight excluding hydrogens is 504 g/mol. The third-order valence-corrected chi connectivity index (χ3v) is 5.55. The van der Waals surface area contributed by atoms with E-state index in [2.05, 4.69) is 37.0 Å².